The Hall–Kier alpha value is -2.18. The molecule has 0 atom stereocenters. The van der Waals surface area contributed by atoms with Crippen LogP contribution < -0.4 is 5.32 Å². The van der Waals surface area contributed by atoms with E-state index in [4.69, 9.17) is 0 Å². The summed E-state index contributed by atoms with van der Waals surface area (Å²) in [5.41, 5.74) is 2.20. The predicted molar refractivity (Wildman–Crippen MR) is 79.5 cm³/mol. The quantitative estimate of drug-likeness (QED) is 0.894. The van der Waals surface area contributed by atoms with E-state index in [0.29, 0.717) is 26.2 Å². The van der Waals surface area contributed by atoms with Gasteiger partial charge in [-0.15, -0.1) is 10.2 Å². The summed E-state index contributed by atoms with van der Waals surface area (Å²) in [4.78, 5) is 25.5. The summed E-state index contributed by atoms with van der Waals surface area (Å²) in [5, 5.41) is 11.0. The molecule has 0 fully saturated rings. The van der Waals surface area contributed by atoms with E-state index in [1.807, 2.05) is 9.47 Å². The molecular weight excluding hydrogens is 282 g/mol. The Morgan fingerprint density at radius 2 is 2.05 bits per heavy atom. The molecule has 0 saturated carbocycles. The maximum Gasteiger partial charge on any atom is 0.250 e. The maximum atomic E-state index is 12.6. The smallest absolute Gasteiger partial charge is 0.250 e. The van der Waals surface area contributed by atoms with Crippen LogP contribution in [0.25, 0.3) is 0 Å². The van der Waals surface area contributed by atoms with Crippen molar-refractivity contribution in [3.8, 4) is 0 Å². The van der Waals surface area contributed by atoms with E-state index in [1.165, 1.54) is 12.5 Å². The van der Waals surface area contributed by atoms with Gasteiger partial charge >= 0.3 is 0 Å². The van der Waals surface area contributed by atoms with Gasteiger partial charge in [-0.2, -0.15) is 0 Å². The van der Waals surface area contributed by atoms with Gasteiger partial charge in [-0.05, 0) is 26.2 Å². The van der Waals surface area contributed by atoms with Gasteiger partial charge in [0, 0.05) is 25.6 Å². The van der Waals surface area contributed by atoms with Gasteiger partial charge in [-0.3, -0.25) is 9.59 Å². The number of aromatic nitrogens is 3. The third-order valence-electron chi connectivity index (χ3n) is 4.36. The lowest BCUT2D eigenvalue weighted by Gasteiger charge is -2.28. The first kappa shape index (κ1) is 14.7. The normalized spacial score (nSPS) is 17.6. The SMILES string of the molecule is CC(=O)NCc1nnc2n1CCN(C(=O)C1=C(C)CCC1)C2. The number of amides is 2. The fourth-order valence-corrected chi connectivity index (χ4v) is 3.10. The summed E-state index contributed by atoms with van der Waals surface area (Å²) < 4.78 is 2.00. The van der Waals surface area contributed by atoms with Crippen LogP contribution in [0.4, 0.5) is 0 Å². The molecule has 7 heteroatoms. The average molecular weight is 303 g/mol. The third kappa shape index (κ3) is 2.75. The van der Waals surface area contributed by atoms with Gasteiger partial charge in [-0.1, -0.05) is 5.57 Å². The largest absolute Gasteiger partial charge is 0.349 e. The molecule has 1 aromatic rings. The molecule has 118 valence electrons. The minimum absolute atomic E-state index is 0.0893. The second-order valence-electron chi connectivity index (χ2n) is 5.93. The highest BCUT2D eigenvalue weighted by Gasteiger charge is 2.28. The van der Waals surface area contributed by atoms with Crippen molar-refractivity contribution in [1.29, 1.82) is 0 Å². The molecule has 7 nitrogen and oxygen atoms in total. The Balaban J connectivity index is 1.71. The highest BCUT2D eigenvalue weighted by molar-refractivity contribution is 5.94. The molecule has 1 aromatic heterocycles. The zero-order chi connectivity index (χ0) is 15.7. The Kier molecular flexibility index (Phi) is 3.96. The fraction of sp³-hybridized carbons (Fsp3) is 0.600. The van der Waals surface area contributed by atoms with Gasteiger partial charge in [0.15, 0.2) is 11.6 Å². The molecule has 1 aliphatic carbocycles. The average Bonchev–Trinajstić information content (AvgIpc) is 3.09. The van der Waals surface area contributed by atoms with Crippen molar-refractivity contribution in [2.75, 3.05) is 6.54 Å². The van der Waals surface area contributed by atoms with Crippen molar-refractivity contribution in [2.24, 2.45) is 0 Å². The molecule has 0 unspecified atom stereocenters. The summed E-state index contributed by atoms with van der Waals surface area (Å²) in [5.74, 6) is 1.59. The number of nitrogens with zero attached hydrogens (tertiary/aromatic N) is 4. The van der Waals surface area contributed by atoms with Crippen LogP contribution in [0.3, 0.4) is 0 Å². The van der Waals surface area contributed by atoms with Crippen LogP contribution in [0.5, 0.6) is 0 Å². The summed E-state index contributed by atoms with van der Waals surface area (Å²) in [7, 11) is 0. The van der Waals surface area contributed by atoms with Gasteiger partial charge in [0.05, 0.1) is 13.1 Å². The van der Waals surface area contributed by atoms with Crippen molar-refractivity contribution in [3.63, 3.8) is 0 Å². The number of fused-ring (bicyclic) bond motifs is 1. The first-order valence-electron chi connectivity index (χ1n) is 7.69. The molecule has 0 radical (unpaired) electrons. The molecule has 2 heterocycles. The van der Waals surface area contributed by atoms with E-state index >= 15 is 0 Å². The highest BCUT2D eigenvalue weighted by atomic mass is 16.2. The van der Waals surface area contributed by atoms with Crippen molar-refractivity contribution in [1.82, 2.24) is 25.0 Å². The summed E-state index contributed by atoms with van der Waals surface area (Å²) in [6.07, 6.45) is 3.01. The van der Waals surface area contributed by atoms with E-state index in [1.54, 1.807) is 0 Å². The van der Waals surface area contributed by atoms with Crippen LogP contribution >= 0.6 is 0 Å². The monoisotopic (exact) mass is 303 g/mol. The zero-order valence-electron chi connectivity index (χ0n) is 13.1. The van der Waals surface area contributed by atoms with Crippen LogP contribution in [-0.2, 0) is 29.2 Å². The Labute approximate surface area is 129 Å². The Morgan fingerprint density at radius 1 is 1.23 bits per heavy atom. The molecule has 0 bridgehead atoms. The van der Waals surface area contributed by atoms with Crippen molar-refractivity contribution in [2.45, 2.75) is 52.7 Å². The number of allylic oxidation sites excluding steroid dienone is 1. The van der Waals surface area contributed by atoms with Crippen molar-refractivity contribution < 1.29 is 9.59 Å². The zero-order valence-corrected chi connectivity index (χ0v) is 13.1. The Morgan fingerprint density at radius 3 is 2.73 bits per heavy atom. The predicted octanol–water partition coefficient (Wildman–Crippen LogP) is 0.757. The van der Waals surface area contributed by atoms with Gasteiger partial charge in [0.25, 0.3) is 0 Å². The minimum atomic E-state index is -0.0893. The number of hydrogen-bond donors (Lipinski definition) is 1. The second-order valence-corrected chi connectivity index (χ2v) is 5.93. The summed E-state index contributed by atoms with van der Waals surface area (Å²) in [6.45, 7) is 5.73. The molecule has 0 saturated heterocycles. The first-order chi connectivity index (χ1) is 10.6. The first-order valence-corrected chi connectivity index (χ1v) is 7.69. The molecule has 0 aromatic carbocycles. The molecule has 0 spiro atoms. The third-order valence-corrected chi connectivity index (χ3v) is 4.36. The van der Waals surface area contributed by atoms with Gasteiger partial charge in [0.1, 0.15) is 0 Å². The van der Waals surface area contributed by atoms with E-state index in [0.717, 1.165) is 36.5 Å². The molecule has 2 aliphatic rings. The number of hydrogen-bond acceptors (Lipinski definition) is 4. The fourth-order valence-electron chi connectivity index (χ4n) is 3.10. The highest BCUT2D eigenvalue weighted by Crippen LogP contribution is 2.28. The molecule has 1 N–H and O–H groups in total. The molecule has 3 rings (SSSR count). The number of carbonyl (C=O) groups is 2. The van der Waals surface area contributed by atoms with E-state index in [-0.39, 0.29) is 11.8 Å². The van der Waals surface area contributed by atoms with Crippen LogP contribution in [-0.4, -0.2) is 38.0 Å². The van der Waals surface area contributed by atoms with E-state index in [9.17, 15) is 9.59 Å². The van der Waals surface area contributed by atoms with Crippen LogP contribution in [0.2, 0.25) is 0 Å². The van der Waals surface area contributed by atoms with E-state index in [2.05, 4.69) is 22.4 Å². The minimum Gasteiger partial charge on any atom is -0.349 e. The van der Waals surface area contributed by atoms with Crippen LogP contribution in [0.1, 0.15) is 44.8 Å². The number of carbonyl (C=O) groups excluding carboxylic acids is 2. The van der Waals surface area contributed by atoms with Gasteiger partial charge < -0.3 is 14.8 Å². The lowest BCUT2D eigenvalue weighted by atomic mass is 10.1. The second kappa shape index (κ2) is 5.90. The molecule has 22 heavy (non-hydrogen) atoms. The number of nitrogens with one attached hydrogen (secondary N) is 1. The van der Waals surface area contributed by atoms with E-state index < -0.39 is 0 Å². The standard InChI is InChI=1S/C15H21N5O2/c1-10-4-3-5-12(10)15(22)19-6-7-20-13(8-16-11(2)21)17-18-14(20)9-19/h3-9H2,1-2H3,(H,16,21). The molecule has 1 aliphatic heterocycles. The number of rotatable bonds is 3. The van der Waals surface area contributed by atoms with Crippen molar-refractivity contribution >= 4 is 11.8 Å². The topological polar surface area (TPSA) is 80.1 Å². The van der Waals surface area contributed by atoms with Crippen molar-refractivity contribution in [3.05, 3.63) is 22.8 Å². The van der Waals surface area contributed by atoms with Gasteiger partial charge in [-0.25, -0.2) is 0 Å². The lowest BCUT2D eigenvalue weighted by Crippen LogP contribution is -2.39. The maximum absolute atomic E-state index is 12.6. The molecule has 2 amide bonds. The van der Waals surface area contributed by atoms with Crippen LogP contribution in [0.15, 0.2) is 11.1 Å². The summed E-state index contributed by atoms with van der Waals surface area (Å²) in [6, 6.07) is 0. The Bertz CT molecular complexity index is 646. The molecular formula is C15H21N5O2. The summed E-state index contributed by atoms with van der Waals surface area (Å²) >= 11 is 0. The van der Waals surface area contributed by atoms with Crippen LogP contribution in [0, 0.1) is 0 Å². The van der Waals surface area contributed by atoms with Gasteiger partial charge in [0.2, 0.25) is 11.8 Å². The lowest BCUT2D eigenvalue weighted by molar-refractivity contribution is -0.128.